The Labute approximate surface area is 80.4 Å². The van der Waals surface area contributed by atoms with E-state index in [-0.39, 0.29) is 12.4 Å². The molecule has 0 saturated carbocycles. The van der Waals surface area contributed by atoms with E-state index in [1.807, 2.05) is 0 Å². The summed E-state index contributed by atoms with van der Waals surface area (Å²) in [5, 5.41) is 17.2. The Morgan fingerprint density at radius 1 is 1.31 bits per heavy atom. The monoisotopic (exact) mass is 198 g/mol. The predicted molar refractivity (Wildman–Crippen MR) is 50.7 cm³/mol. The second-order valence-corrected chi connectivity index (χ2v) is 3.53. The number of hydrogen-bond acceptors (Lipinski definition) is 3. The molecule has 0 aromatic heterocycles. The van der Waals surface area contributed by atoms with Gasteiger partial charge in [-0.3, -0.25) is 4.79 Å². The fourth-order valence-corrected chi connectivity index (χ4v) is 1.45. The molecule has 4 heteroatoms. The molecule has 0 aliphatic heterocycles. The molecule has 0 atom stereocenters. The molecule has 70 valence electrons. The molecule has 0 aliphatic carbocycles. The Balaban J connectivity index is 2.54. The normalized spacial score (nSPS) is 9.92. The molecule has 0 spiro atoms. The summed E-state index contributed by atoms with van der Waals surface area (Å²) < 4.78 is 0. The van der Waals surface area contributed by atoms with Crippen LogP contribution in [0.1, 0.15) is 5.56 Å². The van der Waals surface area contributed by atoms with Gasteiger partial charge in [0.25, 0.3) is 0 Å². The molecule has 0 unspecified atom stereocenters. The van der Waals surface area contributed by atoms with E-state index in [9.17, 15) is 4.79 Å². The van der Waals surface area contributed by atoms with Crippen LogP contribution in [0.4, 0.5) is 0 Å². The maximum atomic E-state index is 10.2. The third-order valence-electron chi connectivity index (χ3n) is 1.47. The van der Waals surface area contributed by atoms with Crippen molar-refractivity contribution in [1.29, 1.82) is 0 Å². The Morgan fingerprint density at radius 3 is 2.38 bits per heavy atom. The molecule has 1 aromatic carbocycles. The van der Waals surface area contributed by atoms with E-state index in [0.717, 1.165) is 10.5 Å². The Hall–Kier alpha value is -1.00. The highest BCUT2D eigenvalue weighted by Gasteiger charge is 1.99. The van der Waals surface area contributed by atoms with Crippen molar-refractivity contribution in [3.63, 3.8) is 0 Å². The molecule has 0 radical (unpaired) electrons. The quantitative estimate of drug-likeness (QED) is 0.717. The fraction of sp³-hybridized carbons (Fsp3) is 0.222. The van der Waals surface area contributed by atoms with Gasteiger partial charge in [-0.2, -0.15) is 0 Å². The maximum absolute atomic E-state index is 10.2. The van der Waals surface area contributed by atoms with Crippen LogP contribution in [0.25, 0.3) is 0 Å². The number of rotatable bonds is 4. The van der Waals surface area contributed by atoms with Gasteiger partial charge in [0.15, 0.2) is 0 Å². The summed E-state index contributed by atoms with van der Waals surface area (Å²) in [4.78, 5) is 11.1. The first kappa shape index (κ1) is 10.1. The van der Waals surface area contributed by atoms with Gasteiger partial charge in [0.1, 0.15) is 0 Å². The summed E-state index contributed by atoms with van der Waals surface area (Å²) in [7, 11) is 0. The van der Waals surface area contributed by atoms with Crippen LogP contribution in [0.15, 0.2) is 29.2 Å². The van der Waals surface area contributed by atoms with Gasteiger partial charge in [0.05, 0.1) is 12.4 Å². The van der Waals surface area contributed by atoms with Gasteiger partial charge in [-0.25, -0.2) is 0 Å². The molecule has 3 nitrogen and oxygen atoms in total. The molecular weight excluding hydrogens is 188 g/mol. The molecule has 0 heterocycles. The minimum atomic E-state index is -0.823. The zero-order valence-corrected chi connectivity index (χ0v) is 7.75. The minimum absolute atomic E-state index is 0.0177. The third kappa shape index (κ3) is 3.48. The van der Waals surface area contributed by atoms with Crippen molar-refractivity contribution >= 4 is 17.7 Å². The molecule has 0 aliphatic rings. The number of aliphatic hydroxyl groups excluding tert-OH is 1. The SMILES string of the molecule is O=C(O)CSc1ccc(CO)cc1. The largest absolute Gasteiger partial charge is 0.481 e. The molecule has 1 aromatic rings. The zero-order valence-electron chi connectivity index (χ0n) is 6.93. The van der Waals surface area contributed by atoms with Crippen molar-refractivity contribution in [2.75, 3.05) is 5.75 Å². The van der Waals surface area contributed by atoms with Gasteiger partial charge in [-0.1, -0.05) is 12.1 Å². The number of aliphatic hydroxyl groups is 1. The molecule has 13 heavy (non-hydrogen) atoms. The number of benzene rings is 1. The minimum Gasteiger partial charge on any atom is -0.481 e. The first-order valence-electron chi connectivity index (χ1n) is 3.77. The smallest absolute Gasteiger partial charge is 0.313 e. The number of hydrogen-bond donors (Lipinski definition) is 2. The van der Waals surface area contributed by atoms with E-state index >= 15 is 0 Å². The van der Waals surface area contributed by atoms with Crippen molar-refractivity contribution in [3.8, 4) is 0 Å². The van der Waals surface area contributed by atoms with E-state index in [1.165, 1.54) is 11.8 Å². The molecule has 0 saturated heterocycles. The molecule has 0 fully saturated rings. The number of thioether (sulfide) groups is 1. The van der Waals surface area contributed by atoms with Gasteiger partial charge in [-0.15, -0.1) is 11.8 Å². The Bertz CT molecular complexity index is 281. The summed E-state index contributed by atoms with van der Waals surface area (Å²) in [5.41, 5.74) is 0.833. The Kier molecular flexibility index (Phi) is 3.79. The van der Waals surface area contributed by atoms with Crippen LogP contribution in [0, 0.1) is 0 Å². The lowest BCUT2D eigenvalue weighted by Crippen LogP contribution is -1.97. The van der Waals surface area contributed by atoms with Gasteiger partial charge in [0.2, 0.25) is 0 Å². The molecular formula is C9H10O3S. The molecule has 2 N–H and O–H groups in total. The van der Waals surface area contributed by atoms with Crippen LogP contribution in [-0.2, 0) is 11.4 Å². The fourth-order valence-electron chi connectivity index (χ4n) is 0.836. The number of carboxylic acid groups (broad SMARTS) is 1. The lowest BCUT2D eigenvalue weighted by molar-refractivity contribution is -0.133. The van der Waals surface area contributed by atoms with Crippen molar-refractivity contribution in [2.24, 2.45) is 0 Å². The van der Waals surface area contributed by atoms with Crippen molar-refractivity contribution < 1.29 is 15.0 Å². The van der Waals surface area contributed by atoms with Gasteiger partial charge in [-0.05, 0) is 17.7 Å². The van der Waals surface area contributed by atoms with E-state index in [1.54, 1.807) is 24.3 Å². The highest BCUT2D eigenvalue weighted by molar-refractivity contribution is 8.00. The predicted octanol–water partition coefficient (Wildman–Crippen LogP) is 1.36. The zero-order chi connectivity index (χ0) is 9.68. The summed E-state index contributed by atoms with van der Waals surface area (Å²) in [5.74, 6) is -0.755. The summed E-state index contributed by atoms with van der Waals surface area (Å²) in [6.07, 6.45) is 0. The highest BCUT2D eigenvalue weighted by atomic mass is 32.2. The van der Waals surface area contributed by atoms with Crippen molar-refractivity contribution in [2.45, 2.75) is 11.5 Å². The van der Waals surface area contributed by atoms with Crippen LogP contribution < -0.4 is 0 Å². The van der Waals surface area contributed by atoms with Gasteiger partial charge < -0.3 is 10.2 Å². The molecule has 0 bridgehead atoms. The Morgan fingerprint density at radius 2 is 1.92 bits per heavy atom. The standard InChI is InChI=1S/C9H10O3S/c10-5-7-1-3-8(4-2-7)13-6-9(11)12/h1-4,10H,5-6H2,(H,11,12). The molecule has 0 amide bonds. The lowest BCUT2D eigenvalue weighted by atomic mass is 10.2. The lowest BCUT2D eigenvalue weighted by Gasteiger charge is -1.99. The first-order valence-corrected chi connectivity index (χ1v) is 4.75. The van der Waals surface area contributed by atoms with E-state index in [2.05, 4.69) is 0 Å². The summed E-state index contributed by atoms with van der Waals surface area (Å²) >= 11 is 1.27. The second kappa shape index (κ2) is 4.89. The topological polar surface area (TPSA) is 57.5 Å². The van der Waals surface area contributed by atoms with Crippen LogP contribution in [0.3, 0.4) is 0 Å². The van der Waals surface area contributed by atoms with E-state index in [0.29, 0.717) is 0 Å². The average molecular weight is 198 g/mol. The van der Waals surface area contributed by atoms with Gasteiger partial charge in [0, 0.05) is 4.90 Å². The molecule has 1 rings (SSSR count). The first-order chi connectivity index (χ1) is 6.22. The highest BCUT2D eigenvalue weighted by Crippen LogP contribution is 2.17. The summed E-state index contributed by atoms with van der Waals surface area (Å²) in [6, 6.07) is 7.17. The van der Waals surface area contributed by atoms with Crippen LogP contribution in [0.5, 0.6) is 0 Å². The van der Waals surface area contributed by atoms with Crippen LogP contribution in [0.2, 0.25) is 0 Å². The second-order valence-electron chi connectivity index (χ2n) is 2.48. The summed E-state index contributed by atoms with van der Waals surface area (Å²) in [6.45, 7) is 0.0177. The van der Waals surface area contributed by atoms with E-state index < -0.39 is 5.97 Å². The maximum Gasteiger partial charge on any atom is 0.313 e. The van der Waals surface area contributed by atoms with Gasteiger partial charge >= 0.3 is 5.97 Å². The van der Waals surface area contributed by atoms with Crippen LogP contribution >= 0.6 is 11.8 Å². The number of aliphatic carboxylic acids is 1. The average Bonchev–Trinajstić information content (AvgIpc) is 2.15. The van der Waals surface area contributed by atoms with E-state index in [4.69, 9.17) is 10.2 Å². The third-order valence-corrected chi connectivity index (χ3v) is 2.47. The van der Waals surface area contributed by atoms with Crippen molar-refractivity contribution in [1.82, 2.24) is 0 Å². The van der Waals surface area contributed by atoms with Crippen LogP contribution in [-0.4, -0.2) is 21.9 Å². The number of carbonyl (C=O) groups is 1. The van der Waals surface area contributed by atoms with Crippen molar-refractivity contribution in [3.05, 3.63) is 29.8 Å². The number of carboxylic acids is 1.